The molecule has 0 aliphatic carbocycles. The number of hydrogen-bond acceptors (Lipinski definition) is 2. The Morgan fingerprint density at radius 2 is 2.00 bits per heavy atom. The van der Waals surface area contributed by atoms with Crippen molar-refractivity contribution in [1.29, 1.82) is 0 Å². The van der Waals surface area contributed by atoms with Crippen LogP contribution in [0.25, 0.3) is 0 Å². The fourth-order valence-electron chi connectivity index (χ4n) is 2.84. The Bertz CT molecular complexity index is 802. The minimum Gasteiger partial charge on any atom is -0.326 e. The molecule has 1 aliphatic heterocycles. The summed E-state index contributed by atoms with van der Waals surface area (Å²) in [4.78, 5) is 24.4. The van der Waals surface area contributed by atoms with E-state index < -0.39 is 11.7 Å². The highest BCUT2D eigenvalue weighted by molar-refractivity contribution is 6.05. The predicted molar refractivity (Wildman–Crippen MR) is 86.9 cm³/mol. The molecule has 2 amide bonds. The van der Waals surface area contributed by atoms with Crippen LogP contribution in [0.2, 0.25) is 0 Å². The Balaban J connectivity index is 1.89. The van der Waals surface area contributed by atoms with E-state index in [1.807, 2.05) is 32.0 Å². The number of benzene rings is 2. The minimum absolute atomic E-state index is 0.0510. The Morgan fingerprint density at radius 1 is 1.22 bits per heavy atom. The van der Waals surface area contributed by atoms with Crippen LogP contribution < -0.4 is 10.6 Å². The van der Waals surface area contributed by atoms with E-state index in [2.05, 4.69) is 10.6 Å². The van der Waals surface area contributed by atoms with Gasteiger partial charge < -0.3 is 10.6 Å². The van der Waals surface area contributed by atoms with Gasteiger partial charge in [0.2, 0.25) is 11.8 Å². The van der Waals surface area contributed by atoms with Gasteiger partial charge in [0.05, 0.1) is 5.92 Å². The molecular weight excluding hydrogens is 295 g/mol. The lowest BCUT2D eigenvalue weighted by molar-refractivity contribution is -0.123. The van der Waals surface area contributed by atoms with Crippen molar-refractivity contribution in [3.63, 3.8) is 0 Å². The summed E-state index contributed by atoms with van der Waals surface area (Å²) in [7, 11) is 0. The molecule has 2 aromatic rings. The minimum atomic E-state index is -0.625. The quantitative estimate of drug-likeness (QED) is 0.891. The molecule has 0 aromatic heterocycles. The second-order valence-electron chi connectivity index (χ2n) is 5.84. The number of halogens is 1. The fraction of sp³-hybridized carbons (Fsp3) is 0.222. The van der Waals surface area contributed by atoms with E-state index in [1.54, 1.807) is 6.07 Å². The molecule has 0 bridgehead atoms. The third-order valence-corrected chi connectivity index (χ3v) is 4.01. The number of carbonyl (C=O) groups is 2. The van der Waals surface area contributed by atoms with Crippen LogP contribution in [-0.2, 0) is 9.59 Å². The molecule has 23 heavy (non-hydrogen) atoms. The predicted octanol–water partition coefficient (Wildman–Crippen LogP) is 3.51. The Labute approximate surface area is 133 Å². The van der Waals surface area contributed by atoms with E-state index in [0.717, 1.165) is 16.8 Å². The number of fused-ring (bicyclic) bond motifs is 1. The van der Waals surface area contributed by atoms with Crippen LogP contribution in [-0.4, -0.2) is 11.8 Å². The summed E-state index contributed by atoms with van der Waals surface area (Å²) in [5.74, 6) is -1.62. The van der Waals surface area contributed by atoms with Gasteiger partial charge in [-0.1, -0.05) is 23.8 Å². The summed E-state index contributed by atoms with van der Waals surface area (Å²) in [5, 5.41) is 5.48. The number of aryl methyl sites for hydroxylation is 2. The van der Waals surface area contributed by atoms with E-state index >= 15 is 0 Å². The molecule has 4 nitrogen and oxygen atoms in total. The van der Waals surface area contributed by atoms with Crippen LogP contribution in [0.1, 0.15) is 29.0 Å². The average molecular weight is 312 g/mol. The van der Waals surface area contributed by atoms with Gasteiger partial charge in [-0.3, -0.25) is 9.59 Å². The highest BCUT2D eigenvalue weighted by atomic mass is 19.1. The van der Waals surface area contributed by atoms with Gasteiger partial charge in [0.25, 0.3) is 0 Å². The number of carbonyl (C=O) groups excluding carboxylic acids is 2. The van der Waals surface area contributed by atoms with E-state index in [4.69, 9.17) is 0 Å². The van der Waals surface area contributed by atoms with E-state index in [1.165, 1.54) is 12.1 Å². The molecular formula is C18H17FN2O2. The standard InChI is InChI=1S/C18H17FN2O2/c1-10-3-6-15(11(2)7-10)21-18(23)14-9-17(22)20-16-8-12(19)4-5-13(14)16/h3-8,14H,9H2,1-2H3,(H,20,22)(H,21,23). The molecule has 0 radical (unpaired) electrons. The van der Waals surface area contributed by atoms with Crippen LogP contribution in [0, 0.1) is 19.7 Å². The SMILES string of the molecule is Cc1ccc(NC(=O)C2CC(=O)Nc3cc(F)ccc32)c(C)c1. The van der Waals surface area contributed by atoms with Crippen LogP contribution in [0.4, 0.5) is 15.8 Å². The molecule has 1 aliphatic rings. The van der Waals surface area contributed by atoms with Gasteiger partial charge in [-0.15, -0.1) is 0 Å². The maximum absolute atomic E-state index is 13.3. The van der Waals surface area contributed by atoms with Gasteiger partial charge in [0.15, 0.2) is 0 Å². The molecule has 2 N–H and O–H groups in total. The first kappa shape index (κ1) is 15.2. The number of hydrogen-bond donors (Lipinski definition) is 2. The Hall–Kier alpha value is -2.69. The Morgan fingerprint density at radius 3 is 2.74 bits per heavy atom. The third kappa shape index (κ3) is 3.08. The maximum atomic E-state index is 13.3. The van der Waals surface area contributed by atoms with Gasteiger partial charge in [-0.05, 0) is 43.2 Å². The number of nitrogens with one attached hydrogen (secondary N) is 2. The number of anilines is 2. The number of rotatable bonds is 2. The molecule has 1 heterocycles. The molecule has 0 saturated carbocycles. The van der Waals surface area contributed by atoms with Crippen molar-refractivity contribution in [1.82, 2.24) is 0 Å². The highest BCUT2D eigenvalue weighted by Gasteiger charge is 2.31. The molecule has 3 rings (SSSR count). The second kappa shape index (κ2) is 5.83. The zero-order valence-corrected chi connectivity index (χ0v) is 12.9. The normalized spacial score (nSPS) is 16.5. The first-order chi connectivity index (χ1) is 10.9. The molecule has 2 aromatic carbocycles. The van der Waals surface area contributed by atoms with E-state index in [9.17, 15) is 14.0 Å². The van der Waals surface area contributed by atoms with Gasteiger partial charge in [-0.25, -0.2) is 4.39 Å². The first-order valence-corrected chi connectivity index (χ1v) is 7.41. The van der Waals surface area contributed by atoms with Crippen molar-refractivity contribution in [2.75, 3.05) is 10.6 Å². The van der Waals surface area contributed by atoms with Crippen molar-refractivity contribution in [3.05, 3.63) is 58.9 Å². The number of amides is 2. The monoisotopic (exact) mass is 312 g/mol. The molecule has 5 heteroatoms. The van der Waals surface area contributed by atoms with Crippen LogP contribution in [0.3, 0.4) is 0 Å². The van der Waals surface area contributed by atoms with Crippen LogP contribution in [0.5, 0.6) is 0 Å². The van der Waals surface area contributed by atoms with E-state index in [0.29, 0.717) is 11.3 Å². The van der Waals surface area contributed by atoms with Crippen LogP contribution >= 0.6 is 0 Å². The summed E-state index contributed by atoms with van der Waals surface area (Å²) >= 11 is 0. The zero-order valence-electron chi connectivity index (χ0n) is 12.9. The maximum Gasteiger partial charge on any atom is 0.232 e. The molecule has 118 valence electrons. The molecule has 0 saturated heterocycles. The van der Waals surface area contributed by atoms with Gasteiger partial charge in [-0.2, -0.15) is 0 Å². The lowest BCUT2D eigenvalue weighted by Crippen LogP contribution is -2.31. The molecule has 0 spiro atoms. The largest absolute Gasteiger partial charge is 0.326 e. The highest BCUT2D eigenvalue weighted by Crippen LogP contribution is 2.33. The molecule has 1 atom stereocenters. The summed E-state index contributed by atoms with van der Waals surface area (Å²) in [6.07, 6.45) is 0.0510. The summed E-state index contributed by atoms with van der Waals surface area (Å²) in [6, 6.07) is 9.83. The van der Waals surface area contributed by atoms with Crippen LogP contribution in [0.15, 0.2) is 36.4 Å². The first-order valence-electron chi connectivity index (χ1n) is 7.41. The van der Waals surface area contributed by atoms with Crippen molar-refractivity contribution >= 4 is 23.2 Å². The van der Waals surface area contributed by atoms with Crippen molar-refractivity contribution in [3.8, 4) is 0 Å². The zero-order chi connectivity index (χ0) is 16.6. The molecule has 0 fully saturated rings. The van der Waals surface area contributed by atoms with Crippen molar-refractivity contribution in [2.24, 2.45) is 0 Å². The second-order valence-corrected chi connectivity index (χ2v) is 5.84. The topological polar surface area (TPSA) is 58.2 Å². The Kier molecular flexibility index (Phi) is 3.86. The van der Waals surface area contributed by atoms with Gasteiger partial charge in [0, 0.05) is 17.8 Å². The smallest absolute Gasteiger partial charge is 0.232 e. The van der Waals surface area contributed by atoms with E-state index in [-0.39, 0.29) is 18.2 Å². The lowest BCUT2D eigenvalue weighted by Gasteiger charge is -2.25. The average Bonchev–Trinajstić information content (AvgIpc) is 2.48. The van der Waals surface area contributed by atoms with Gasteiger partial charge >= 0.3 is 0 Å². The summed E-state index contributed by atoms with van der Waals surface area (Å²) in [6.45, 7) is 3.90. The lowest BCUT2D eigenvalue weighted by atomic mass is 9.89. The molecule has 1 unspecified atom stereocenters. The third-order valence-electron chi connectivity index (χ3n) is 4.01. The summed E-state index contributed by atoms with van der Waals surface area (Å²) < 4.78 is 13.3. The summed E-state index contributed by atoms with van der Waals surface area (Å²) in [5.41, 5.74) is 3.78. The van der Waals surface area contributed by atoms with Crippen molar-refractivity contribution in [2.45, 2.75) is 26.2 Å². The fourth-order valence-corrected chi connectivity index (χ4v) is 2.84. The van der Waals surface area contributed by atoms with Gasteiger partial charge in [0.1, 0.15) is 5.82 Å². The van der Waals surface area contributed by atoms with Crippen molar-refractivity contribution < 1.29 is 14.0 Å².